The number of carbonyl (C=O) groups is 3. The van der Waals surface area contributed by atoms with Gasteiger partial charge in [-0.1, -0.05) is 61.0 Å². The average molecular weight is 478 g/mol. The SMILES string of the molecule is CCC(C(=O)NC)N(Cc1ccccc1Cl)C(=O)CCCN1C(=O)c2cccc3cccc1c23. The van der Waals surface area contributed by atoms with Crippen molar-refractivity contribution in [2.45, 2.75) is 38.8 Å². The van der Waals surface area contributed by atoms with E-state index >= 15 is 0 Å². The van der Waals surface area contributed by atoms with Gasteiger partial charge in [0.2, 0.25) is 11.8 Å². The summed E-state index contributed by atoms with van der Waals surface area (Å²) in [7, 11) is 1.57. The molecule has 1 heterocycles. The lowest BCUT2D eigenvalue weighted by Crippen LogP contribution is -2.48. The van der Waals surface area contributed by atoms with Gasteiger partial charge in [-0.2, -0.15) is 0 Å². The zero-order valence-electron chi connectivity index (χ0n) is 19.4. The maximum Gasteiger partial charge on any atom is 0.258 e. The summed E-state index contributed by atoms with van der Waals surface area (Å²) in [5.74, 6) is -0.388. The smallest absolute Gasteiger partial charge is 0.258 e. The summed E-state index contributed by atoms with van der Waals surface area (Å²) in [6, 6.07) is 18.4. The molecule has 7 heteroatoms. The number of halogens is 1. The molecular weight excluding hydrogens is 450 g/mol. The highest BCUT2D eigenvalue weighted by molar-refractivity contribution is 6.31. The molecule has 0 fully saturated rings. The molecule has 34 heavy (non-hydrogen) atoms. The van der Waals surface area contributed by atoms with E-state index in [9.17, 15) is 14.4 Å². The van der Waals surface area contributed by atoms with Crippen molar-refractivity contribution in [2.75, 3.05) is 18.5 Å². The Morgan fingerprint density at radius 3 is 2.50 bits per heavy atom. The van der Waals surface area contributed by atoms with E-state index in [-0.39, 0.29) is 30.7 Å². The molecule has 176 valence electrons. The lowest BCUT2D eigenvalue weighted by Gasteiger charge is -2.31. The van der Waals surface area contributed by atoms with Crippen LogP contribution in [-0.2, 0) is 16.1 Å². The fraction of sp³-hybridized carbons (Fsp3) is 0.296. The van der Waals surface area contributed by atoms with Gasteiger partial charge >= 0.3 is 0 Å². The van der Waals surface area contributed by atoms with Crippen LogP contribution in [0.15, 0.2) is 60.7 Å². The number of rotatable bonds is 9. The summed E-state index contributed by atoms with van der Waals surface area (Å²) < 4.78 is 0. The van der Waals surface area contributed by atoms with Crippen LogP contribution in [0.5, 0.6) is 0 Å². The van der Waals surface area contributed by atoms with Crippen LogP contribution in [0.3, 0.4) is 0 Å². The Kier molecular flexibility index (Phi) is 7.17. The summed E-state index contributed by atoms with van der Waals surface area (Å²) in [6.45, 7) is 2.56. The Balaban J connectivity index is 1.49. The molecule has 4 rings (SSSR count). The standard InChI is InChI=1S/C27H28ClN3O3/c1-3-22(26(33)29-2)31(17-19-9-4-5-13-21(19)28)24(32)15-8-16-30-23-14-7-11-18-10-6-12-20(25(18)23)27(30)34/h4-7,9-14,22H,3,8,15-17H2,1-2H3,(H,29,33). The van der Waals surface area contributed by atoms with Crippen LogP contribution in [0.25, 0.3) is 10.8 Å². The van der Waals surface area contributed by atoms with Gasteiger partial charge in [-0.3, -0.25) is 14.4 Å². The van der Waals surface area contributed by atoms with Gasteiger partial charge in [-0.05, 0) is 42.0 Å². The van der Waals surface area contributed by atoms with Crippen molar-refractivity contribution in [2.24, 2.45) is 0 Å². The van der Waals surface area contributed by atoms with Crippen molar-refractivity contribution in [1.82, 2.24) is 10.2 Å². The summed E-state index contributed by atoms with van der Waals surface area (Å²) >= 11 is 6.34. The van der Waals surface area contributed by atoms with Gasteiger partial charge in [0.1, 0.15) is 6.04 Å². The molecule has 0 aromatic heterocycles. The molecule has 1 unspecified atom stereocenters. The second kappa shape index (κ2) is 10.3. The minimum Gasteiger partial charge on any atom is -0.357 e. The van der Waals surface area contributed by atoms with Gasteiger partial charge in [0.05, 0.1) is 5.69 Å². The second-order valence-electron chi connectivity index (χ2n) is 8.39. The summed E-state index contributed by atoms with van der Waals surface area (Å²) in [6.07, 6.45) is 1.18. The predicted octanol–water partition coefficient (Wildman–Crippen LogP) is 4.79. The molecule has 1 aliphatic rings. The monoisotopic (exact) mass is 477 g/mol. The van der Waals surface area contributed by atoms with E-state index in [0.29, 0.717) is 30.0 Å². The van der Waals surface area contributed by atoms with E-state index in [1.807, 2.05) is 61.5 Å². The molecule has 6 nitrogen and oxygen atoms in total. The second-order valence-corrected chi connectivity index (χ2v) is 8.80. The number of hydrogen-bond donors (Lipinski definition) is 1. The van der Waals surface area contributed by atoms with Crippen LogP contribution in [0.4, 0.5) is 5.69 Å². The van der Waals surface area contributed by atoms with Gasteiger partial charge < -0.3 is 15.1 Å². The minimum atomic E-state index is -0.597. The van der Waals surface area contributed by atoms with Crippen molar-refractivity contribution in [1.29, 1.82) is 0 Å². The van der Waals surface area contributed by atoms with E-state index in [1.54, 1.807) is 22.9 Å². The number of hydrogen-bond acceptors (Lipinski definition) is 3. The Morgan fingerprint density at radius 1 is 1.06 bits per heavy atom. The third-order valence-corrected chi connectivity index (χ3v) is 6.72. The fourth-order valence-corrected chi connectivity index (χ4v) is 4.82. The van der Waals surface area contributed by atoms with Gasteiger partial charge in [-0.15, -0.1) is 0 Å². The molecule has 1 atom stereocenters. The molecule has 0 radical (unpaired) electrons. The molecule has 3 amide bonds. The average Bonchev–Trinajstić information content (AvgIpc) is 3.12. The normalized spacial score (nSPS) is 13.3. The Morgan fingerprint density at radius 2 is 1.79 bits per heavy atom. The van der Waals surface area contributed by atoms with E-state index in [2.05, 4.69) is 5.32 Å². The molecule has 1 N–H and O–H groups in total. The number of amides is 3. The molecule has 1 aliphatic heterocycles. The van der Waals surface area contributed by atoms with E-state index in [4.69, 9.17) is 11.6 Å². The first-order valence-corrected chi connectivity index (χ1v) is 11.9. The van der Waals surface area contributed by atoms with Crippen molar-refractivity contribution in [3.8, 4) is 0 Å². The molecule has 3 aromatic rings. The van der Waals surface area contributed by atoms with Crippen LogP contribution in [0.2, 0.25) is 5.02 Å². The molecule has 0 saturated carbocycles. The quantitative estimate of drug-likeness (QED) is 0.482. The molecule has 0 aliphatic carbocycles. The zero-order valence-corrected chi connectivity index (χ0v) is 20.1. The van der Waals surface area contributed by atoms with E-state index in [1.165, 1.54) is 0 Å². The number of benzene rings is 3. The minimum absolute atomic E-state index is 0.0380. The molecule has 0 bridgehead atoms. The Bertz CT molecular complexity index is 1240. The Hall–Kier alpha value is -3.38. The van der Waals surface area contributed by atoms with Crippen LogP contribution >= 0.6 is 11.6 Å². The van der Waals surface area contributed by atoms with Gasteiger partial charge in [0.25, 0.3) is 5.91 Å². The van der Waals surface area contributed by atoms with Crippen molar-refractivity contribution >= 4 is 45.8 Å². The lowest BCUT2D eigenvalue weighted by molar-refractivity contribution is -0.141. The van der Waals surface area contributed by atoms with Crippen LogP contribution in [0.1, 0.15) is 42.1 Å². The van der Waals surface area contributed by atoms with Gasteiger partial charge in [0, 0.05) is 42.5 Å². The van der Waals surface area contributed by atoms with Crippen LogP contribution in [-0.4, -0.2) is 42.3 Å². The molecular formula is C27H28ClN3O3. The maximum atomic E-state index is 13.3. The number of nitrogens with one attached hydrogen (secondary N) is 1. The van der Waals surface area contributed by atoms with Crippen molar-refractivity contribution < 1.29 is 14.4 Å². The highest BCUT2D eigenvalue weighted by atomic mass is 35.5. The summed E-state index contributed by atoms with van der Waals surface area (Å²) in [4.78, 5) is 42.2. The third kappa shape index (κ3) is 4.50. The highest BCUT2D eigenvalue weighted by Gasteiger charge is 2.31. The van der Waals surface area contributed by atoms with Crippen LogP contribution < -0.4 is 10.2 Å². The lowest BCUT2D eigenvalue weighted by atomic mass is 10.1. The first kappa shape index (κ1) is 23.8. The number of nitrogens with zero attached hydrogens (tertiary/aromatic N) is 2. The predicted molar refractivity (Wildman–Crippen MR) is 135 cm³/mol. The molecule has 0 spiro atoms. The Labute approximate surface area is 204 Å². The van der Waals surface area contributed by atoms with E-state index in [0.717, 1.165) is 22.0 Å². The summed E-state index contributed by atoms with van der Waals surface area (Å²) in [5.41, 5.74) is 2.37. The number of likely N-dealkylation sites (N-methyl/N-ethyl adjacent to an activating group) is 1. The van der Waals surface area contributed by atoms with Gasteiger partial charge in [-0.25, -0.2) is 0 Å². The van der Waals surface area contributed by atoms with Gasteiger partial charge in [0.15, 0.2) is 0 Å². The van der Waals surface area contributed by atoms with Crippen molar-refractivity contribution in [3.05, 3.63) is 76.8 Å². The number of carbonyl (C=O) groups excluding carboxylic acids is 3. The fourth-order valence-electron chi connectivity index (χ4n) is 4.63. The zero-order chi connectivity index (χ0) is 24.2. The van der Waals surface area contributed by atoms with Crippen LogP contribution in [0, 0.1) is 0 Å². The molecule has 0 saturated heterocycles. The van der Waals surface area contributed by atoms with E-state index < -0.39 is 6.04 Å². The first-order chi connectivity index (χ1) is 16.5. The number of anilines is 1. The largest absolute Gasteiger partial charge is 0.357 e. The highest BCUT2D eigenvalue weighted by Crippen LogP contribution is 2.37. The maximum absolute atomic E-state index is 13.3. The van der Waals surface area contributed by atoms with Crippen molar-refractivity contribution in [3.63, 3.8) is 0 Å². The summed E-state index contributed by atoms with van der Waals surface area (Å²) in [5, 5.41) is 5.21. The topological polar surface area (TPSA) is 69.7 Å². The molecule has 3 aromatic carbocycles. The third-order valence-electron chi connectivity index (χ3n) is 6.35. The first-order valence-electron chi connectivity index (χ1n) is 11.5.